The molecule has 1 radical (unpaired) electrons. The first kappa shape index (κ1) is 21.3. The topological polar surface area (TPSA) is 162 Å². The van der Waals surface area contributed by atoms with Crippen molar-refractivity contribution in [2.75, 3.05) is 0 Å². The predicted octanol–water partition coefficient (Wildman–Crippen LogP) is -2.58. The van der Waals surface area contributed by atoms with E-state index in [2.05, 4.69) is 4.52 Å². The molecule has 0 aromatic carbocycles. The average molecular weight is 349 g/mol. The summed E-state index contributed by atoms with van der Waals surface area (Å²) < 4.78 is 13.4. The molecule has 0 aliphatic heterocycles. The van der Waals surface area contributed by atoms with E-state index in [-0.39, 0.29) is 34.1 Å². The Hall–Kier alpha value is 0.0490. The van der Waals surface area contributed by atoms with Crippen LogP contribution >= 0.6 is 7.82 Å². The summed E-state index contributed by atoms with van der Waals surface area (Å²) in [4.78, 5) is 36.7. The summed E-state index contributed by atoms with van der Waals surface area (Å²) >= 11 is 0. The van der Waals surface area contributed by atoms with Gasteiger partial charge in [-0.05, 0) is 0 Å². The summed E-state index contributed by atoms with van der Waals surface area (Å²) in [5.74, 6) is -3.85. The van der Waals surface area contributed by atoms with Crippen molar-refractivity contribution in [2.24, 2.45) is 0 Å². The fourth-order valence-electron chi connectivity index (χ4n) is 0.435. The van der Waals surface area contributed by atoms with Gasteiger partial charge in [0.05, 0.1) is 0 Å². The van der Waals surface area contributed by atoms with E-state index in [0.717, 1.165) is 0 Å². The molecule has 0 fully saturated rings. The van der Waals surface area contributed by atoms with Gasteiger partial charge in [0, 0.05) is 34.1 Å². The normalized spacial score (nSPS) is 13.8. The van der Waals surface area contributed by atoms with Crippen molar-refractivity contribution >= 4 is 19.8 Å². The van der Waals surface area contributed by atoms with Crippen LogP contribution in [-0.4, -0.2) is 49.3 Å². The smallest absolute Gasteiger partial charge is 0.479 e. The third-order valence-electron chi connectivity index (χ3n) is 1.00. The standard InChI is InChI=1S/C4H7O9P.Cu.Fe/c5-1(3(7)8)2(6)4(9)13-14(10,11)12;;/h1-2,5-6H,(H,7,8)(H2,10,11,12);;. The van der Waals surface area contributed by atoms with Crippen LogP contribution in [-0.2, 0) is 52.8 Å². The Bertz CT molecular complexity index is 289. The van der Waals surface area contributed by atoms with Gasteiger partial charge in [0.1, 0.15) is 0 Å². The number of carbonyl (C=O) groups excluding carboxylic acids is 1. The largest absolute Gasteiger partial charge is 0.527 e. The first-order chi connectivity index (χ1) is 6.15. The van der Waals surface area contributed by atoms with Crippen LogP contribution in [0.15, 0.2) is 0 Å². The second kappa shape index (κ2) is 8.19. The summed E-state index contributed by atoms with van der Waals surface area (Å²) in [5, 5.41) is 25.3. The Morgan fingerprint density at radius 3 is 1.75 bits per heavy atom. The number of phosphoric acid groups is 1. The molecule has 5 N–H and O–H groups in total. The number of rotatable bonds is 4. The Morgan fingerprint density at radius 1 is 1.12 bits per heavy atom. The van der Waals surface area contributed by atoms with Gasteiger partial charge < -0.3 is 19.8 Å². The number of carbonyl (C=O) groups is 2. The van der Waals surface area contributed by atoms with E-state index in [1.165, 1.54) is 0 Å². The Labute approximate surface area is 110 Å². The minimum atomic E-state index is -5.16. The summed E-state index contributed by atoms with van der Waals surface area (Å²) in [6.07, 6.45) is -5.06. The van der Waals surface area contributed by atoms with Crippen molar-refractivity contribution in [2.45, 2.75) is 12.2 Å². The number of aliphatic hydroxyl groups excluding tert-OH is 2. The summed E-state index contributed by atoms with van der Waals surface area (Å²) in [7, 11) is -5.16. The molecule has 0 aromatic rings. The molecule has 101 valence electrons. The quantitative estimate of drug-likeness (QED) is 0.271. The van der Waals surface area contributed by atoms with Crippen LogP contribution in [0.25, 0.3) is 0 Å². The molecule has 0 saturated heterocycles. The van der Waals surface area contributed by atoms with E-state index in [1.807, 2.05) is 0 Å². The molecular weight excluding hydrogens is 342 g/mol. The third-order valence-corrected chi connectivity index (χ3v) is 1.42. The molecule has 2 atom stereocenters. The summed E-state index contributed by atoms with van der Waals surface area (Å²) in [6, 6.07) is 0. The minimum absolute atomic E-state index is 0. The molecule has 0 heterocycles. The number of carboxylic acids is 1. The van der Waals surface area contributed by atoms with Gasteiger partial charge in [-0.15, -0.1) is 0 Å². The fourth-order valence-corrected chi connectivity index (χ4v) is 0.778. The van der Waals surface area contributed by atoms with Crippen LogP contribution in [0.4, 0.5) is 0 Å². The van der Waals surface area contributed by atoms with Gasteiger partial charge in [-0.3, -0.25) is 9.79 Å². The van der Waals surface area contributed by atoms with Crippen LogP contribution < -0.4 is 0 Å². The molecule has 0 aliphatic carbocycles. The maximum atomic E-state index is 10.5. The van der Waals surface area contributed by atoms with Gasteiger partial charge >= 0.3 is 19.8 Å². The van der Waals surface area contributed by atoms with Crippen molar-refractivity contribution in [3.63, 3.8) is 0 Å². The molecule has 12 heteroatoms. The molecule has 16 heavy (non-hydrogen) atoms. The minimum Gasteiger partial charge on any atom is -0.479 e. The zero-order valence-corrected chi connectivity index (χ0v) is 10.1. The number of phosphoric ester groups is 1. The molecule has 0 amide bonds. The van der Waals surface area contributed by atoms with E-state index in [4.69, 9.17) is 25.1 Å². The first-order valence-corrected chi connectivity index (χ1v) is 4.56. The number of hydrogen-bond acceptors (Lipinski definition) is 6. The second-order valence-corrected chi connectivity index (χ2v) is 3.29. The SMILES string of the molecule is O=C(O)C(O)C(O)C(=O)OP(=O)(O)O.[Cu].[Fe]. The van der Waals surface area contributed by atoms with Crippen molar-refractivity contribution < 1.29 is 77.9 Å². The number of carboxylic acid groups (broad SMARTS) is 1. The number of aliphatic hydroxyl groups is 2. The van der Waals surface area contributed by atoms with Gasteiger partial charge in [-0.1, -0.05) is 0 Å². The van der Waals surface area contributed by atoms with Crippen molar-refractivity contribution in [1.29, 1.82) is 0 Å². The van der Waals surface area contributed by atoms with E-state index in [1.54, 1.807) is 0 Å². The Kier molecular flexibility index (Phi) is 10.9. The molecule has 0 spiro atoms. The predicted molar refractivity (Wildman–Crippen MR) is 37.8 cm³/mol. The maximum Gasteiger partial charge on any atom is 0.527 e. The van der Waals surface area contributed by atoms with Crippen molar-refractivity contribution in [1.82, 2.24) is 0 Å². The average Bonchev–Trinajstić information content (AvgIpc) is 1.98. The van der Waals surface area contributed by atoms with E-state index in [0.29, 0.717) is 0 Å². The first-order valence-electron chi connectivity index (χ1n) is 3.03. The summed E-state index contributed by atoms with van der Waals surface area (Å²) in [5.41, 5.74) is 0. The van der Waals surface area contributed by atoms with E-state index >= 15 is 0 Å². The molecule has 0 bridgehead atoms. The van der Waals surface area contributed by atoms with Gasteiger partial charge in [0.25, 0.3) is 0 Å². The Balaban J connectivity index is -0.000000845. The molecule has 0 rings (SSSR count). The maximum absolute atomic E-state index is 10.5. The van der Waals surface area contributed by atoms with Crippen molar-refractivity contribution in [3.05, 3.63) is 0 Å². The fraction of sp³-hybridized carbons (Fsp3) is 0.500. The number of hydrogen-bond donors (Lipinski definition) is 5. The molecule has 9 nitrogen and oxygen atoms in total. The Morgan fingerprint density at radius 2 is 1.50 bits per heavy atom. The van der Waals surface area contributed by atoms with Crippen LogP contribution in [0.1, 0.15) is 0 Å². The van der Waals surface area contributed by atoms with Crippen LogP contribution in [0, 0.1) is 0 Å². The molecule has 0 aromatic heterocycles. The van der Waals surface area contributed by atoms with E-state index < -0.39 is 32.0 Å². The van der Waals surface area contributed by atoms with Crippen LogP contribution in [0.5, 0.6) is 0 Å². The molecule has 2 unspecified atom stereocenters. The van der Waals surface area contributed by atoms with Gasteiger partial charge in [-0.25, -0.2) is 14.2 Å². The van der Waals surface area contributed by atoms with Crippen molar-refractivity contribution in [3.8, 4) is 0 Å². The second-order valence-electron chi connectivity index (χ2n) is 2.13. The summed E-state index contributed by atoms with van der Waals surface area (Å²) in [6.45, 7) is 0. The molecule has 0 saturated carbocycles. The van der Waals surface area contributed by atoms with Crippen LogP contribution in [0.3, 0.4) is 0 Å². The van der Waals surface area contributed by atoms with E-state index in [9.17, 15) is 14.2 Å². The monoisotopic (exact) mass is 349 g/mol. The third kappa shape index (κ3) is 8.23. The zero-order chi connectivity index (χ0) is 11.5. The van der Waals surface area contributed by atoms with Gasteiger partial charge in [-0.2, -0.15) is 0 Å². The zero-order valence-electron chi connectivity index (χ0n) is 7.13. The number of aliphatic carboxylic acids is 1. The van der Waals surface area contributed by atoms with Gasteiger partial charge in [0.15, 0.2) is 12.2 Å². The van der Waals surface area contributed by atoms with Crippen LogP contribution in [0.2, 0.25) is 0 Å². The molecule has 0 aliphatic rings. The molecular formula is C4H7CuFeO9P. The van der Waals surface area contributed by atoms with Gasteiger partial charge in [0.2, 0.25) is 0 Å².